The molecule has 0 saturated carbocycles. The van der Waals surface area contributed by atoms with Gasteiger partial charge in [-0.2, -0.15) is 0 Å². The van der Waals surface area contributed by atoms with Gasteiger partial charge in [-0.3, -0.25) is 0 Å². The second-order valence-electron chi connectivity index (χ2n) is 5.48. The summed E-state index contributed by atoms with van der Waals surface area (Å²) in [4.78, 5) is 0. The van der Waals surface area contributed by atoms with Gasteiger partial charge in [-0.1, -0.05) is 46.3 Å². The molecule has 0 aromatic heterocycles. The fourth-order valence-corrected chi connectivity index (χ4v) is 2.66. The Bertz CT molecular complexity index is 700. The second kappa shape index (κ2) is 11.9. The van der Waals surface area contributed by atoms with Crippen LogP contribution < -0.4 is 4.74 Å². The molecule has 0 aliphatic heterocycles. The molecule has 2 aromatic rings. The van der Waals surface area contributed by atoms with Gasteiger partial charge in [0.1, 0.15) is 12.5 Å². The molecule has 0 bridgehead atoms. The zero-order valence-corrected chi connectivity index (χ0v) is 16.8. The van der Waals surface area contributed by atoms with Crippen molar-refractivity contribution in [1.29, 1.82) is 0 Å². The average Bonchev–Trinajstić information content (AvgIpc) is 2.65. The molecule has 5 heteroatoms. The van der Waals surface area contributed by atoms with E-state index in [1.165, 1.54) is 0 Å². The van der Waals surface area contributed by atoms with Gasteiger partial charge in [0.05, 0.1) is 6.61 Å². The lowest BCUT2D eigenvalue weighted by Gasteiger charge is -2.10. The molecule has 140 valence electrons. The van der Waals surface area contributed by atoms with Crippen LogP contribution in [0.5, 0.6) is 5.75 Å². The molecule has 2 rings (SSSR count). The number of hydrogen-bond donors (Lipinski definition) is 0. The largest absolute Gasteiger partial charge is 0.468 e. The zero-order valence-electron chi connectivity index (χ0n) is 15.2. The molecule has 0 spiro atoms. The van der Waals surface area contributed by atoms with Crippen LogP contribution in [0.15, 0.2) is 46.9 Å². The van der Waals surface area contributed by atoms with Gasteiger partial charge in [0.25, 0.3) is 0 Å². The first kappa shape index (κ1) is 20.6. The highest BCUT2D eigenvalue weighted by molar-refractivity contribution is 9.10. The van der Waals surface area contributed by atoms with E-state index in [1.807, 2.05) is 44.2 Å². The lowest BCUT2D eigenvalue weighted by molar-refractivity contribution is -0.0572. The summed E-state index contributed by atoms with van der Waals surface area (Å²) >= 11 is 3.56. The Labute approximate surface area is 163 Å². The molecule has 0 radical (unpaired) electrons. The van der Waals surface area contributed by atoms with E-state index in [0.29, 0.717) is 19.8 Å². The summed E-state index contributed by atoms with van der Waals surface area (Å²) in [6.07, 6.45) is 4.12. The average molecular weight is 421 g/mol. The van der Waals surface area contributed by atoms with E-state index in [-0.39, 0.29) is 13.6 Å². The molecule has 4 nitrogen and oxygen atoms in total. The van der Waals surface area contributed by atoms with E-state index in [0.717, 1.165) is 26.9 Å². The van der Waals surface area contributed by atoms with Gasteiger partial charge in [-0.05, 0) is 54.8 Å². The van der Waals surface area contributed by atoms with Crippen molar-refractivity contribution in [2.45, 2.75) is 20.5 Å². The van der Waals surface area contributed by atoms with E-state index in [4.69, 9.17) is 18.9 Å². The van der Waals surface area contributed by atoms with Crippen LogP contribution >= 0.6 is 15.9 Å². The fraction of sp³-hybridized carbons (Fsp3) is 0.333. The highest BCUT2D eigenvalue weighted by atomic mass is 79.9. The number of rotatable bonds is 11. The minimum Gasteiger partial charge on any atom is -0.468 e. The van der Waals surface area contributed by atoms with Crippen molar-refractivity contribution in [1.82, 2.24) is 0 Å². The smallest absolute Gasteiger partial charge is 0.189 e. The van der Waals surface area contributed by atoms with Crippen molar-refractivity contribution < 1.29 is 18.9 Å². The van der Waals surface area contributed by atoms with Crippen LogP contribution in [-0.4, -0.2) is 26.8 Å². The molecule has 0 heterocycles. The Morgan fingerprint density at radius 3 is 2.42 bits per heavy atom. The Kier molecular flexibility index (Phi) is 9.42. The van der Waals surface area contributed by atoms with E-state index < -0.39 is 0 Å². The Morgan fingerprint density at radius 2 is 1.65 bits per heavy atom. The van der Waals surface area contributed by atoms with Crippen LogP contribution in [0.2, 0.25) is 0 Å². The Balaban J connectivity index is 2.14. The van der Waals surface area contributed by atoms with Gasteiger partial charge in [0, 0.05) is 17.7 Å². The van der Waals surface area contributed by atoms with Crippen molar-refractivity contribution >= 4 is 28.1 Å². The first-order valence-electron chi connectivity index (χ1n) is 8.65. The van der Waals surface area contributed by atoms with Gasteiger partial charge in [0.2, 0.25) is 0 Å². The van der Waals surface area contributed by atoms with Crippen LogP contribution in [0.3, 0.4) is 0 Å². The first-order chi connectivity index (χ1) is 12.7. The Morgan fingerprint density at radius 1 is 0.885 bits per heavy atom. The van der Waals surface area contributed by atoms with Gasteiger partial charge < -0.3 is 18.9 Å². The molecule has 0 atom stereocenters. The second-order valence-corrected chi connectivity index (χ2v) is 6.33. The standard InChI is InChI=1S/C21H25BrO4/c1-3-23-15-25-14-18-11-17(12-20(13-18)26-16-24-4-2)9-10-19-7-5-6-8-21(19)22/h5-13H,3-4,14-16H2,1-2H3/b10-9+. The summed E-state index contributed by atoms with van der Waals surface area (Å²) in [5.74, 6) is 0.753. The maximum absolute atomic E-state index is 5.68. The van der Waals surface area contributed by atoms with E-state index in [1.54, 1.807) is 0 Å². The fourth-order valence-electron chi connectivity index (χ4n) is 2.24. The predicted molar refractivity (Wildman–Crippen MR) is 108 cm³/mol. The Hall–Kier alpha value is -1.66. The third-order valence-corrected chi connectivity index (χ3v) is 4.22. The van der Waals surface area contributed by atoms with E-state index in [9.17, 15) is 0 Å². The maximum Gasteiger partial charge on any atom is 0.189 e. The lowest BCUT2D eigenvalue weighted by Crippen LogP contribution is -2.04. The first-order valence-corrected chi connectivity index (χ1v) is 9.44. The van der Waals surface area contributed by atoms with Gasteiger partial charge in [-0.25, -0.2) is 0 Å². The normalized spacial score (nSPS) is 11.2. The predicted octanol–water partition coefficient (Wildman–Crippen LogP) is 5.50. The summed E-state index contributed by atoms with van der Waals surface area (Å²) in [6, 6.07) is 14.1. The third kappa shape index (κ3) is 7.30. The molecule has 0 fully saturated rings. The highest BCUT2D eigenvalue weighted by Crippen LogP contribution is 2.22. The van der Waals surface area contributed by atoms with Gasteiger partial charge >= 0.3 is 0 Å². The summed E-state index contributed by atoms with van der Waals surface area (Å²) in [7, 11) is 0. The topological polar surface area (TPSA) is 36.9 Å². The zero-order chi connectivity index (χ0) is 18.6. The number of ether oxygens (including phenoxy) is 4. The van der Waals surface area contributed by atoms with E-state index >= 15 is 0 Å². The molecule has 0 aliphatic rings. The van der Waals surface area contributed by atoms with Crippen LogP contribution in [0, 0.1) is 0 Å². The molecule has 2 aromatic carbocycles. The number of benzene rings is 2. The molecule has 0 amide bonds. The lowest BCUT2D eigenvalue weighted by atomic mass is 10.1. The summed E-state index contributed by atoms with van der Waals surface area (Å²) < 4.78 is 22.8. The molecule has 0 saturated heterocycles. The van der Waals surface area contributed by atoms with Crippen molar-refractivity contribution in [2.75, 3.05) is 26.8 Å². The van der Waals surface area contributed by atoms with Crippen LogP contribution in [0.25, 0.3) is 12.2 Å². The third-order valence-electron chi connectivity index (χ3n) is 3.50. The summed E-state index contributed by atoms with van der Waals surface area (Å²) in [6.45, 7) is 6.10. The minimum absolute atomic E-state index is 0.229. The van der Waals surface area contributed by atoms with Crippen molar-refractivity contribution in [2.24, 2.45) is 0 Å². The molecule has 26 heavy (non-hydrogen) atoms. The maximum atomic E-state index is 5.68. The van der Waals surface area contributed by atoms with Gasteiger partial charge in [-0.15, -0.1) is 0 Å². The SMILES string of the molecule is CCOCOCc1cc(/C=C/c2ccccc2Br)cc(OCOCC)c1. The summed E-state index contributed by atoms with van der Waals surface area (Å²) in [5.41, 5.74) is 3.16. The molecule has 0 N–H and O–H groups in total. The van der Waals surface area contributed by atoms with Crippen LogP contribution in [0.1, 0.15) is 30.5 Å². The molecular formula is C21H25BrO4. The number of halogens is 1. The highest BCUT2D eigenvalue weighted by Gasteiger charge is 2.03. The number of hydrogen-bond acceptors (Lipinski definition) is 4. The quantitative estimate of drug-likeness (QED) is 0.273. The van der Waals surface area contributed by atoms with Crippen molar-refractivity contribution in [3.05, 3.63) is 63.6 Å². The monoisotopic (exact) mass is 420 g/mol. The van der Waals surface area contributed by atoms with Gasteiger partial charge in [0.15, 0.2) is 6.79 Å². The van der Waals surface area contributed by atoms with Crippen molar-refractivity contribution in [3.63, 3.8) is 0 Å². The minimum atomic E-state index is 0.229. The van der Waals surface area contributed by atoms with Crippen LogP contribution in [0.4, 0.5) is 0 Å². The van der Waals surface area contributed by atoms with Crippen LogP contribution in [-0.2, 0) is 20.8 Å². The van der Waals surface area contributed by atoms with Crippen molar-refractivity contribution in [3.8, 4) is 5.75 Å². The molecule has 0 unspecified atom stereocenters. The van der Waals surface area contributed by atoms with E-state index in [2.05, 4.69) is 40.2 Å². The molecule has 0 aliphatic carbocycles. The molecular weight excluding hydrogens is 396 g/mol. The summed E-state index contributed by atoms with van der Waals surface area (Å²) in [5, 5.41) is 0.